The van der Waals surface area contributed by atoms with Crippen LogP contribution in [-0.4, -0.2) is 53.2 Å². The highest BCUT2D eigenvalue weighted by Crippen LogP contribution is 2.29. The minimum atomic E-state index is -0.485. The maximum absolute atomic E-state index is 11.9. The van der Waals surface area contributed by atoms with Gasteiger partial charge in [-0.25, -0.2) is 4.79 Å². The molecule has 0 bridgehead atoms. The molecule has 3 amide bonds. The van der Waals surface area contributed by atoms with Crippen LogP contribution in [0.2, 0.25) is 0 Å². The van der Waals surface area contributed by atoms with Gasteiger partial charge in [0.2, 0.25) is 11.0 Å². The van der Waals surface area contributed by atoms with Crippen molar-refractivity contribution in [2.45, 2.75) is 42.4 Å². The molecule has 1 aliphatic rings. The van der Waals surface area contributed by atoms with Crippen molar-refractivity contribution >= 4 is 40.2 Å². The van der Waals surface area contributed by atoms with E-state index in [1.807, 2.05) is 0 Å². The molecule has 1 fully saturated rings. The summed E-state index contributed by atoms with van der Waals surface area (Å²) in [6.45, 7) is 5.51. The van der Waals surface area contributed by atoms with Gasteiger partial charge in [-0.2, -0.15) is 0 Å². The van der Waals surface area contributed by atoms with Crippen molar-refractivity contribution in [2.75, 3.05) is 25.0 Å². The number of thioether (sulfide) groups is 1. The van der Waals surface area contributed by atoms with E-state index in [1.54, 1.807) is 13.8 Å². The van der Waals surface area contributed by atoms with Crippen LogP contribution in [0.3, 0.4) is 0 Å². The standard InChI is InChI=1S/C13H21N5O3S2/c1-3-14-11(20)16-10(19)8(2)22-13-18-17-12(23-13)15-7-9-5-4-6-21-9/h8-9H,3-7H2,1-2H3,(H,15,17)(H2,14,16,19,20). The van der Waals surface area contributed by atoms with E-state index in [0.717, 1.165) is 19.4 Å². The van der Waals surface area contributed by atoms with Crippen LogP contribution in [0.4, 0.5) is 9.93 Å². The number of carbonyl (C=O) groups is 2. The average Bonchev–Trinajstić information content (AvgIpc) is 3.16. The molecule has 1 aliphatic heterocycles. The molecule has 0 saturated carbocycles. The molecule has 0 aliphatic carbocycles. The fourth-order valence-electron chi connectivity index (χ4n) is 1.96. The summed E-state index contributed by atoms with van der Waals surface area (Å²) in [6, 6.07) is -0.485. The van der Waals surface area contributed by atoms with Gasteiger partial charge in [0.15, 0.2) is 4.34 Å². The van der Waals surface area contributed by atoms with E-state index in [1.165, 1.54) is 23.1 Å². The SMILES string of the molecule is CCNC(=O)NC(=O)C(C)Sc1nnc(NCC2CCCO2)s1. The number of rotatable bonds is 7. The Morgan fingerprint density at radius 3 is 3.00 bits per heavy atom. The van der Waals surface area contributed by atoms with E-state index >= 15 is 0 Å². The van der Waals surface area contributed by atoms with E-state index in [2.05, 4.69) is 26.1 Å². The van der Waals surface area contributed by atoms with Crippen LogP contribution < -0.4 is 16.0 Å². The van der Waals surface area contributed by atoms with Gasteiger partial charge in [-0.15, -0.1) is 10.2 Å². The topological polar surface area (TPSA) is 105 Å². The van der Waals surface area contributed by atoms with E-state index in [-0.39, 0.29) is 12.0 Å². The molecular formula is C13H21N5O3S2. The first-order valence-corrected chi connectivity index (χ1v) is 9.22. The number of anilines is 1. The number of hydrogen-bond acceptors (Lipinski definition) is 8. The predicted molar refractivity (Wildman–Crippen MR) is 89.9 cm³/mol. The average molecular weight is 359 g/mol. The zero-order valence-corrected chi connectivity index (χ0v) is 14.8. The monoisotopic (exact) mass is 359 g/mol. The van der Waals surface area contributed by atoms with Gasteiger partial charge in [-0.05, 0) is 26.7 Å². The summed E-state index contributed by atoms with van der Waals surface area (Å²) in [5.74, 6) is -0.356. The molecule has 0 aromatic carbocycles. The Kier molecular flexibility index (Phi) is 7.06. The number of amides is 3. The van der Waals surface area contributed by atoms with Gasteiger partial charge < -0.3 is 15.4 Å². The zero-order valence-electron chi connectivity index (χ0n) is 13.1. The quantitative estimate of drug-likeness (QED) is 0.633. The molecule has 0 radical (unpaired) electrons. The summed E-state index contributed by atoms with van der Waals surface area (Å²) in [5.41, 5.74) is 0. The highest BCUT2D eigenvalue weighted by atomic mass is 32.2. The number of imide groups is 1. The summed E-state index contributed by atoms with van der Waals surface area (Å²) < 4.78 is 6.21. The fourth-order valence-corrected chi connectivity index (χ4v) is 3.86. The second-order valence-corrected chi connectivity index (χ2v) is 7.56. The molecule has 10 heteroatoms. The minimum absolute atomic E-state index is 0.233. The maximum Gasteiger partial charge on any atom is 0.321 e. The van der Waals surface area contributed by atoms with Crippen molar-refractivity contribution in [3.63, 3.8) is 0 Å². The second kappa shape index (κ2) is 9.04. The maximum atomic E-state index is 11.9. The van der Waals surface area contributed by atoms with Crippen molar-refractivity contribution in [1.82, 2.24) is 20.8 Å². The lowest BCUT2D eigenvalue weighted by Gasteiger charge is -2.09. The molecule has 1 saturated heterocycles. The number of carbonyl (C=O) groups excluding carboxylic acids is 2. The van der Waals surface area contributed by atoms with Gasteiger partial charge in [0.05, 0.1) is 11.4 Å². The number of aromatic nitrogens is 2. The van der Waals surface area contributed by atoms with Gasteiger partial charge in [0.25, 0.3) is 0 Å². The van der Waals surface area contributed by atoms with Gasteiger partial charge in [0.1, 0.15) is 0 Å². The highest BCUT2D eigenvalue weighted by molar-refractivity contribution is 8.02. The first kappa shape index (κ1) is 18.0. The summed E-state index contributed by atoms with van der Waals surface area (Å²) in [6.07, 6.45) is 2.39. The first-order chi connectivity index (χ1) is 11.1. The Morgan fingerprint density at radius 1 is 1.48 bits per heavy atom. The molecule has 8 nitrogen and oxygen atoms in total. The summed E-state index contributed by atoms with van der Waals surface area (Å²) >= 11 is 2.66. The molecule has 0 spiro atoms. The van der Waals surface area contributed by atoms with Crippen molar-refractivity contribution in [3.05, 3.63) is 0 Å². The van der Waals surface area contributed by atoms with Crippen LogP contribution in [0.25, 0.3) is 0 Å². The molecule has 2 atom stereocenters. The predicted octanol–water partition coefficient (Wildman–Crippen LogP) is 1.46. The van der Waals surface area contributed by atoms with Crippen LogP contribution in [0, 0.1) is 0 Å². The van der Waals surface area contributed by atoms with Crippen LogP contribution in [-0.2, 0) is 9.53 Å². The van der Waals surface area contributed by atoms with Gasteiger partial charge in [-0.3, -0.25) is 10.1 Å². The Hall–Kier alpha value is -1.39. The molecule has 1 aromatic rings. The summed E-state index contributed by atoms with van der Waals surface area (Å²) in [5, 5.41) is 16.4. The third-order valence-corrected chi connectivity index (χ3v) is 5.20. The van der Waals surface area contributed by atoms with Gasteiger partial charge in [-0.1, -0.05) is 23.1 Å². The summed E-state index contributed by atoms with van der Waals surface area (Å²) in [4.78, 5) is 23.2. The van der Waals surface area contributed by atoms with Crippen LogP contribution in [0.1, 0.15) is 26.7 Å². The van der Waals surface area contributed by atoms with Gasteiger partial charge >= 0.3 is 6.03 Å². The van der Waals surface area contributed by atoms with Gasteiger partial charge in [0, 0.05) is 19.7 Å². The number of nitrogens with zero attached hydrogens (tertiary/aromatic N) is 2. The smallest absolute Gasteiger partial charge is 0.321 e. The van der Waals surface area contributed by atoms with Crippen molar-refractivity contribution < 1.29 is 14.3 Å². The van der Waals surface area contributed by atoms with E-state index in [9.17, 15) is 9.59 Å². The molecular weight excluding hydrogens is 338 g/mol. The molecule has 128 valence electrons. The minimum Gasteiger partial charge on any atom is -0.376 e. The zero-order chi connectivity index (χ0) is 16.7. The van der Waals surface area contributed by atoms with E-state index in [0.29, 0.717) is 22.6 Å². The fraction of sp³-hybridized carbons (Fsp3) is 0.692. The van der Waals surface area contributed by atoms with Crippen LogP contribution in [0.15, 0.2) is 4.34 Å². The Morgan fingerprint density at radius 2 is 2.30 bits per heavy atom. The first-order valence-electron chi connectivity index (χ1n) is 7.52. The molecule has 2 heterocycles. The van der Waals surface area contributed by atoms with E-state index < -0.39 is 11.3 Å². The number of urea groups is 1. The molecule has 2 unspecified atom stereocenters. The Balaban J connectivity index is 1.76. The molecule has 3 N–H and O–H groups in total. The second-order valence-electron chi connectivity index (χ2n) is 5.00. The molecule has 2 rings (SSSR count). The summed E-state index contributed by atoms with van der Waals surface area (Å²) in [7, 11) is 0. The lowest BCUT2D eigenvalue weighted by molar-refractivity contribution is -0.119. The van der Waals surface area contributed by atoms with E-state index in [4.69, 9.17) is 4.74 Å². The largest absolute Gasteiger partial charge is 0.376 e. The Bertz CT molecular complexity index is 533. The normalized spacial score (nSPS) is 18.4. The third kappa shape index (κ3) is 5.96. The van der Waals surface area contributed by atoms with Crippen LogP contribution in [0.5, 0.6) is 0 Å². The lowest BCUT2D eigenvalue weighted by Crippen LogP contribution is -2.42. The lowest BCUT2D eigenvalue weighted by atomic mass is 10.2. The van der Waals surface area contributed by atoms with Crippen molar-refractivity contribution in [3.8, 4) is 0 Å². The van der Waals surface area contributed by atoms with Crippen molar-refractivity contribution in [1.29, 1.82) is 0 Å². The van der Waals surface area contributed by atoms with Crippen LogP contribution >= 0.6 is 23.1 Å². The molecule has 23 heavy (non-hydrogen) atoms. The number of nitrogens with one attached hydrogen (secondary N) is 3. The number of hydrogen-bond donors (Lipinski definition) is 3. The highest BCUT2D eigenvalue weighted by Gasteiger charge is 2.20. The Labute approximate surface area is 143 Å². The molecule has 1 aromatic heterocycles. The third-order valence-electron chi connectivity index (χ3n) is 3.13. The van der Waals surface area contributed by atoms with Crippen molar-refractivity contribution in [2.24, 2.45) is 0 Å². The number of ether oxygens (including phenoxy) is 1.